The zero-order valence-electron chi connectivity index (χ0n) is 14.2. The molecule has 0 aliphatic carbocycles. The monoisotopic (exact) mass is 381 g/mol. The molecule has 12 heteroatoms. The van der Waals surface area contributed by atoms with Crippen LogP contribution in [0.5, 0.6) is 0 Å². The molecule has 150 valence electrons. The topological polar surface area (TPSA) is 192 Å². The lowest BCUT2D eigenvalue weighted by atomic mass is 9.88. The van der Waals surface area contributed by atoms with E-state index in [-0.39, 0.29) is 0 Å². The normalized spacial score (nSPS) is 30.9. The standard InChI is InChI=1S/C14H23NO11/c1-6(17)25-5-8(24-2)11(20)12-10(15-9(19)4-16)7(18)3-14(23,26-12)13(21)22/h7-8,10-12,16,18,20,23H,3-5H2,1-2H3,(H,15,19)(H,21,22)/t7-,8?,10+,11?,12+,14?/m0/s1. The molecule has 1 aliphatic heterocycles. The molecule has 1 amide bonds. The van der Waals surface area contributed by atoms with Crippen LogP contribution in [0.2, 0.25) is 0 Å². The molecule has 0 radical (unpaired) electrons. The van der Waals surface area contributed by atoms with Crippen molar-refractivity contribution in [3.63, 3.8) is 0 Å². The van der Waals surface area contributed by atoms with Crippen molar-refractivity contribution in [2.75, 3.05) is 20.3 Å². The SMILES string of the molecule is COC(COC(C)=O)C(O)[C@@H]1OC(O)(C(=O)O)C[C@H](O)[C@H]1NC(=O)CO. The fourth-order valence-electron chi connectivity index (χ4n) is 2.52. The molecule has 6 N–H and O–H groups in total. The summed E-state index contributed by atoms with van der Waals surface area (Å²) in [5.74, 6) is -6.24. The number of nitrogens with one attached hydrogen (secondary N) is 1. The Morgan fingerprint density at radius 2 is 2.00 bits per heavy atom. The molecule has 1 saturated heterocycles. The number of methoxy groups -OCH3 is 1. The Kier molecular flexibility index (Phi) is 7.87. The van der Waals surface area contributed by atoms with E-state index < -0.39 is 73.7 Å². The molecule has 0 aromatic heterocycles. The van der Waals surface area contributed by atoms with Gasteiger partial charge in [-0.15, -0.1) is 0 Å². The van der Waals surface area contributed by atoms with Gasteiger partial charge in [0.25, 0.3) is 5.79 Å². The minimum atomic E-state index is -2.83. The Bertz CT molecular complexity index is 527. The highest BCUT2D eigenvalue weighted by molar-refractivity contribution is 5.78. The molecule has 1 rings (SSSR count). The number of carboxylic acids is 1. The molecule has 0 spiro atoms. The molecule has 26 heavy (non-hydrogen) atoms. The molecule has 1 aliphatic rings. The second-order valence-corrected chi connectivity index (χ2v) is 5.76. The number of aliphatic hydroxyl groups is 4. The maximum absolute atomic E-state index is 11.5. The Labute approximate surface area is 148 Å². The smallest absolute Gasteiger partial charge is 0.364 e. The van der Waals surface area contributed by atoms with Gasteiger partial charge in [-0.05, 0) is 0 Å². The molecule has 3 unspecified atom stereocenters. The molecule has 0 saturated carbocycles. The molecule has 1 fully saturated rings. The zero-order chi connectivity index (χ0) is 20.1. The summed E-state index contributed by atoms with van der Waals surface area (Å²) in [6.45, 7) is -0.251. The van der Waals surface area contributed by atoms with Crippen LogP contribution in [0.25, 0.3) is 0 Å². The van der Waals surface area contributed by atoms with E-state index in [9.17, 15) is 29.7 Å². The number of hydrogen-bond donors (Lipinski definition) is 6. The Morgan fingerprint density at radius 3 is 2.46 bits per heavy atom. The molecule has 12 nitrogen and oxygen atoms in total. The quantitative estimate of drug-likeness (QED) is 0.227. The number of hydrogen-bond acceptors (Lipinski definition) is 10. The van der Waals surface area contributed by atoms with Crippen molar-refractivity contribution in [1.82, 2.24) is 5.32 Å². The number of aliphatic hydroxyl groups excluding tert-OH is 3. The second-order valence-electron chi connectivity index (χ2n) is 5.76. The summed E-state index contributed by atoms with van der Waals surface area (Å²) >= 11 is 0. The Hall–Kier alpha value is -1.83. The summed E-state index contributed by atoms with van der Waals surface area (Å²) < 4.78 is 14.7. The van der Waals surface area contributed by atoms with Crippen LogP contribution < -0.4 is 5.32 Å². The third kappa shape index (κ3) is 5.33. The van der Waals surface area contributed by atoms with E-state index in [2.05, 4.69) is 5.32 Å². The van der Waals surface area contributed by atoms with E-state index in [1.54, 1.807) is 0 Å². The van der Waals surface area contributed by atoms with E-state index in [4.69, 9.17) is 24.4 Å². The third-order valence-electron chi connectivity index (χ3n) is 3.86. The van der Waals surface area contributed by atoms with Gasteiger partial charge in [-0.3, -0.25) is 9.59 Å². The highest BCUT2D eigenvalue weighted by Gasteiger charge is 2.54. The molecule has 0 bridgehead atoms. The van der Waals surface area contributed by atoms with Crippen LogP contribution in [0.1, 0.15) is 13.3 Å². The number of aliphatic carboxylic acids is 1. The predicted octanol–water partition coefficient (Wildman–Crippen LogP) is -3.67. The van der Waals surface area contributed by atoms with Gasteiger partial charge in [-0.25, -0.2) is 4.79 Å². The molecule has 6 atom stereocenters. The van der Waals surface area contributed by atoms with Crippen LogP contribution in [-0.2, 0) is 28.6 Å². The predicted molar refractivity (Wildman–Crippen MR) is 80.5 cm³/mol. The highest BCUT2D eigenvalue weighted by Crippen LogP contribution is 2.31. The molecule has 1 heterocycles. The first kappa shape index (κ1) is 22.2. The largest absolute Gasteiger partial charge is 0.477 e. The zero-order valence-corrected chi connectivity index (χ0v) is 14.2. The van der Waals surface area contributed by atoms with Gasteiger partial charge in [-0.2, -0.15) is 0 Å². The first-order valence-electron chi connectivity index (χ1n) is 7.61. The van der Waals surface area contributed by atoms with Gasteiger partial charge in [-0.1, -0.05) is 0 Å². The third-order valence-corrected chi connectivity index (χ3v) is 3.86. The van der Waals surface area contributed by atoms with Gasteiger partial charge >= 0.3 is 11.9 Å². The van der Waals surface area contributed by atoms with Crippen LogP contribution in [0, 0.1) is 0 Å². The van der Waals surface area contributed by atoms with Crippen molar-refractivity contribution in [2.24, 2.45) is 0 Å². The summed E-state index contributed by atoms with van der Waals surface area (Å²) in [5.41, 5.74) is 0. The second kappa shape index (κ2) is 9.21. The molecular formula is C14H23NO11. The van der Waals surface area contributed by atoms with Gasteiger partial charge < -0.3 is 45.1 Å². The summed E-state index contributed by atoms with van der Waals surface area (Å²) in [7, 11) is 1.17. The average molecular weight is 381 g/mol. The van der Waals surface area contributed by atoms with Gasteiger partial charge in [0, 0.05) is 20.5 Å². The summed E-state index contributed by atoms with van der Waals surface area (Å²) in [6, 6.07) is -1.38. The molecular weight excluding hydrogens is 358 g/mol. The number of carbonyl (C=O) groups is 3. The van der Waals surface area contributed by atoms with E-state index >= 15 is 0 Å². The highest BCUT2D eigenvalue weighted by atomic mass is 16.7. The first-order valence-corrected chi connectivity index (χ1v) is 7.61. The van der Waals surface area contributed by atoms with Crippen LogP contribution in [-0.4, -0.2) is 99.9 Å². The van der Waals surface area contributed by atoms with Crippen molar-refractivity contribution in [3.8, 4) is 0 Å². The number of carbonyl (C=O) groups excluding carboxylic acids is 2. The van der Waals surface area contributed by atoms with Crippen LogP contribution in [0.15, 0.2) is 0 Å². The fraction of sp³-hybridized carbons (Fsp3) is 0.786. The summed E-state index contributed by atoms with van der Waals surface area (Å²) in [4.78, 5) is 33.6. The van der Waals surface area contributed by atoms with Crippen LogP contribution in [0.3, 0.4) is 0 Å². The lowest BCUT2D eigenvalue weighted by Gasteiger charge is -2.45. The number of rotatable bonds is 8. The average Bonchev–Trinajstić information content (AvgIpc) is 2.56. The van der Waals surface area contributed by atoms with Crippen molar-refractivity contribution in [2.45, 2.75) is 49.6 Å². The number of carboxylic acid groups (broad SMARTS) is 1. The number of amides is 1. The van der Waals surface area contributed by atoms with Gasteiger partial charge in [0.1, 0.15) is 31.5 Å². The number of ether oxygens (including phenoxy) is 3. The van der Waals surface area contributed by atoms with Crippen molar-refractivity contribution >= 4 is 17.8 Å². The minimum Gasteiger partial charge on any atom is -0.477 e. The van der Waals surface area contributed by atoms with E-state index in [0.717, 1.165) is 6.92 Å². The van der Waals surface area contributed by atoms with Crippen molar-refractivity contribution < 1.29 is 54.1 Å². The maximum Gasteiger partial charge on any atom is 0.364 e. The van der Waals surface area contributed by atoms with Gasteiger partial charge in [0.05, 0.1) is 12.1 Å². The maximum atomic E-state index is 11.5. The fourth-order valence-corrected chi connectivity index (χ4v) is 2.52. The summed E-state index contributed by atoms with van der Waals surface area (Å²) in [5, 5.41) is 50.8. The van der Waals surface area contributed by atoms with Gasteiger partial charge in [0.2, 0.25) is 5.91 Å². The van der Waals surface area contributed by atoms with E-state index in [0.29, 0.717) is 0 Å². The Balaban J connectivity index is 3.10. The van der Waals surface area contributed by atoms with E-state index in [1.807, 2.05) is 0 Å². The lowest BCUT2D eigenvalue weighted by Crippen LogP contribution is -2.67. The van der Waals surface area contributed by atoms with E-state index in [1.165, 1.54) is 7.11 Å². The number of esters is 1. The van der Waals surface area contributed by atoms with Crippen molar-refractivity contribution in [1.29, 1.82) is 0 Å². The minimum absolute atomic E-state index is 0.435. The Morgan fingerprint density at radius 1 is 1.38 bits per heavy atom. The first-order chi connectivity index (χ1) is 12.1. The van der Waals surface area contributed by atoms with Crippen molar-refractivity contribution in [3.05, 3.63) is 0 Å². The van der Waals surface area contributed by atoms with Crippen LogP contribution in [0.4, 0.5) is 0 Å². The van der Waals surface area contributed by atoms with Gasteiger partial charge in [0.15, 0.2) is 0 Å². The molecule has 0 aromatic carbocycles. The lowest BCUT2D eigenvalue weighted by molar-refractivity contribution is -0.296. The summed E-state index contributed by atoms with van der Waals surface area (Å²) in [6.07, 6.45) is -7.03. The van der Waals surface area contributed by atoms with Crippen LogP contribution >= 0.6 is 0 Å². The molecule has 0 aromatic rings.